The molecule has 154 valence electrons. The van der Waals surface area contributed by atoms with Gasteiger partial charge >= 0.3 is 12.1 Å². The number of fused-ring (bicyclic) bond motifs is 1. The molecule has 0 aliphatic carbocycles. The first kappa shape index (κ1) is 22.0. The zero-order valence-corrected chi connectivity index (χ0v) is 17.4. The summed E-state index contributed by atoms with van der Waals surface area (Å²) in [6.07, 6.45) is 0.524. The molecule has 0 saturated carbocycles. The summed E-state index contributed by atoms with van der Waals surface area (Å²) in [6, 6.07) is 4.72. The van der Waals surface area contributed by atoms with Crippen LogP contribution in [0.25, 0.3) is 11.0 Å². The molecule has 0 N–H and O–H groups in total. The molecule has 28 heavy (non-hydrogen) atoms. The normalized spacial score (nSPS) is 11.4. The molecular formula is C18H22ClNO7S. The predicted molar refractivity (Wildman–Crippen MR) is 106 cm³/mol. The number of benzene rings is 1. The monoisotopic (exact) mass is 431 g/mol. The highest BCUT2D eigenvalue weighted by molar-refractivity contribution is 7.90. The van der Waals surface area contributed by atoms with Crippen LogP contribution in [-0.2, 0) is 19.3 Å². The third-order valence-electron chi connectivity index (χ3n) is 3.74. The van der Waals surface area contributed by atoms with Crippen LogP contribution in [0.1, 0.15) is 30.8 Å². The number of hydrogen-bond acceptors (Lipinski definition) is 7. The fourth-order valence-electron chi connectivity index (χ4n) is 2.64. The van der Waals surface area contributed by atoms with E-state index in [1.54, 1.807) is 32.0 Å². The number of sulfone groups is 1. The summed E-state index contributed by atoms with van der Waals surface area (Å²) in [5.41, 5.74) is 0.475. The number of carbonyl (C=O) groups is 2. The van der Waals surface area contributed by atoms with Gasteiger partial charge in [0, 0.05) is 23.2 Å². The molecule has 1 aromatic carbocycles. The maximum Gasteiger partial charge on any atom is 0.414 e. The number of ether oxygens (including phenoxy) is 2. The van der Waals surface area contributed by atoms with Crippen LogP contribution in [0.5, 0.6) is 0 Å². The van der Waals surface area contributed by atoms with Crippen molar-refractivity contribution in [2.45, 2.75) is 20.3 Å². The van der Waals surface area contributed by atoms with Crippen molar-refractivity contribution >= 4 is 50.2 Å². The van der Waals surface area contributed by atoms with Gasteiger partial charge in [-0.15, -0.1) is 0 Å². The van der Waals surface area contributed by atoms with Gasteiger partial charge < -0.3 is 13.9 Å². The van der Waals surface area contributed by atoms with E-state index in [4.69, 9.17) is 25.5 Å². The fourth-order valence-corrected chi connectivity index (χ4v) is 3.47. The van der Waals surface area contributed by atoms with Crippen molar-refractivity contribution in [1.29, 1.82) is 0 Å². The van der Waals surface area contributed by atoms with Gasteiger partial charge in [-0.2, -0.15) is 0 Å². The Balaban J connectivity index is 2.57. The molecule has 2 aromatic rings. The highest BCUT2D eigenvalue weighted by Crippen LogP contribution is 2.36. The lowest BCUT2D eigenvalue weighted by Crippen LogP contribution is -2.34. The zero-order chi connectivity index (χ0) is 20.9. The van der Waals surface area contributed by atoms with E-state index in [0.29, 0.717) is 16.0 Å². The Labute approximate surface area is 168 Å². The summed E-state index contributed by atoms with van der Waals surface area (Å²) in [5.74, 6) is -1.05. The van der Waals surface area contributed by atoms with Gasteiger partial charge in [0.05, 0.1) is 19.0 Å². The number of anilines is 1. The molecule has 0 aliphatic rings. The molecule has 0 spiro atoms. The molecule has 8 nitrogen and oxygen atoms in total. The largest absolute Gasteiger partial charge is 0.460 e. The fraction of sp³-hybridized carbons (Fsp3) is 0.444. The molecule has 1 heterocycles. The molecule has 1 amide bonds. The Morgan fingerprint density at radius 1 is 1.18 bits per heavy atom. The minimum Gasteiger partial charge on any atom is -0.460 e. The summed E-state index contributed by atoms with van der Waals surface area (Å²) in [6.45, 7) is 3.51. The lowest BCUT2D eigenvalue weighted by atomic mass is 10.2. The van der Waals surface area contributed by atoms with Gasteiger partial charge in [-0.05, 0) is 38.5 Å². The summed E-state index contributed by atoms with van der Waals surface area (Å²) in [5, 5.41) is 0.799. The van der Waals surface area contributed by atoms with Crippen molar-refractivity contribution in [2.24, 2.45) is 0 Å². The van der Waals surface area contributed by atoms with Crippen molar-refractivity contribution in [2.75, 3.05) is 36.7 Å². The van der Waals surface area contributed by atoms with Crippen molar-refractivity contribution < 1.29 is 31.9 Å². The van der Waals surface area contributed by atoms with Gasteiger partial charge in [-0.3, -0.25) is 4.90 Å². The number of nitrogens with zero attached hydrogens (tertiary/aromatic N) is 1. The Kier molecular flexibility index (Phi) is 7.31. The van der Waals surface area contributed by atoms with E-state index in [1.165, 1.54) is 4.90 Å². The average Bonchev–Trinajstić information content (AvgIpc) is 2.96. The topological polar surface area (TPSA) is 103 Å². The van der Waals surface area contributed by atoms with Crippen molar-refractivity contribution in [1.82, 2.24) is 0 Å². The highest BCUT2D eigenvalue weighted by Gasteiger charge is 2.30. The number of furan rings is 1. The molecular weight excluding hydrogens is 410 g/mol. The lowest BCUT2D eigenvalue weighted by Gasteiger charge is -2.21. The summed E-state index contributed by atoms with van der Waals surface area (Å²) < 4.78 is 38.7. The molecule has 0 saturated heterocycles. The van der Waals surface area contributed by atoms with Crippen LogP contribution in [-0.4, -0.2) is 52.2 Å². The first-order valence-electron chi connectivity index (χ1n) is 8.69. The molecule has 0 radical (unpaired) electrons. The van der Waals surface area contributed by atoms with Crippen LogP contribution in [0, 0.1) is 0 Å². The van der Waals surface area contributed by atoms with E-state index >= 15 is 0 Å². The highest BCUT2D eigenvalue weighted by atomic mass is 35.5. The van der Waals surface area contributed by atoms with Gasteiger partial charge in [-0.25, -0.2) is 18.0 Å². The molecule has 0 aliphatic heterocycles. The molecule has 0 bridgehead atoms. The van der Waals surface area contributed by atoms with Crippen LogP contribution in [0.4, 0.5) is 10.5 Å². The van der Waals surface area contributed by atoms with Gasteiger partial charge in [0.25, 0.3) is 0 Å². The van der Waals surface area contributed by atoms with E-state index in [1.807, 2.05) is 0 Å². The summed E-state index contributed by atoms with van der Waals surface area (Å²) in [7, 11) is -3.23. The first-order valence-corrected chi connectivity index (χ1v) is 11.1. The Morgan fingerprint density at radius 2 is 1.86 bits per heavy atom. The standard InChI is InChI=1S/C18H22ClNO7S/c1-4-25-17(21)16-15(13-11-12(19)7-8-14(13)27-16)20(18(22)26-5-2)9-6-10-28(3,23)24/h7-8,11H,4-6,9-10H2,1-3H3. The SMILES string of the molecule is CCOC(=O)c1oc2ccc(Cl)cc2c1N(CCCS(C)(=O)=O)C(=O)OCC. The van der Waals surface area contributed by atoms with Gasteiger partial charge in [0.2, 0.25) is 5.76 Å². The number of amides is 1. The van der Waals surface area contributed by atoms with Crippen LogP contribution >= 0.6 is 11.6 Å². The molecule has 0 unspecified atom stereocenters. The van der Waals surface area contributed by atoms with Crippen LogP contribution in [0.3, 0.4) is 0 Å². The second-order valence-electron chi connectivity index (χ2n) is 5.97. The molecule has 1 aromatic heterocycles. The first-order chi connectivity index (χ1) is 13.2. The minimum absolute atomic E-state index is 0.000541. The Morgan fingerprint density at radius 3 is 2.46 bits per heavy atom. The third-order valence-corrected chi connectivity index (χ3v) is 5.00. The number of halogens is 1. The van der Waals surface area contributed by atoms with E-state index in [-0.39, 0.29) is 43.4 Å². The predicted octanol–water partition coefficient (Wildman–Crippen LogP) is 3.66. The zero-order valence-electron chi connectivity index (χ0n) is 15.9. The smallest absolute Gasteiger partial charge is 0.414 e. The molecule has 0 atom stereocenters. The van der Waals surface area contributed by atoms with Crippen molar-refractivity contribution in [3.8, 4) is 0 Å². The summed E-state index contributed by atoms with van der Waals surface area (Å²) in [4.78, 5) is 26.2. The lowest BCUT2D eigenvalue weighted by molar-refractivity contribution is 0.0493. The quantitative estimate of drug-likeness (QED) is 0.587. The second-order valence-corrected chi connectivity index (χ2v) is 8.67. The number of carbonyl (C=O) groups excluding carboxylic acids is 2. The summed E-state index contributed by atoms with van der Waals surface area (Å²) >= 11 is 6.08. The van der Waals surface area contributed by atoms with E-state index in [2.05, 4.69) is 0 Å². The maximum absolute atomic E-state index is 12.6. The minimum atomic E-state index is -3.23. The second kappa shape index (κ2) is 9.29. The van der Waals surface area contributed by atoms with Crippen molar-refractivity contribution in [3.63, 3.8) is 0 Å². The van der Waals surface area contributed by atoms with Crippen LogP contribution < -0.4 is 4.90 Å². The van der Waals surface area contributed by atoms with E-state index in [9.17, 15) is 18.0 Å². The Bertz CT molecular complexity index is 968. The van der Waals surface area contributed by atoms with Gasteiger partial charge in [0.1, 0.15) is 21.1 Å². The van der Waals surface area contributed by atoms with E-state index < -0.39 is 21.9 Å². The van der Waals surface area contributed by atoms with Crippen molar-refractivity contribution in [3.05, 3.63) is 29.0 Å². The van der Waals surface area contributed by atoms with Crippen LogP contribution in [0.2, 0.25) is 5.02 Å². The van der Waals surface area contributed by atoms with Gasteiger partial charge in [-0.1, -0.05) is 11.6 Å². The molecule has 2 rings (SSSR count). The number of rotatable bonds is 8. The van der Waals surface area contributed by atoms with Crippen LogP contribution in [0.15, 0.2) is 22.6 Å². The third kappa shape index (κ3) is 5.39. The average molecular weight is 432 g/mol. The maximum atomic E-state index is 12.6. The molecule has 10 heteroatoms. The number of esters is 1. The Hall–Kier alpha value is -2.26. The number of hydrogen-bond donors (Lipinski definition) is 0. The van der Waals surface area contributed by atoms with E-state index in [0.717, 1.165) is 6.26 Å². The molecule has 0 fully saturated rings. The van der Waals surface area contributed by atoms with Gasteiger partial charge in [0.15, 0.2) is 0 Å².